The summed E-state index contributed by atoms with van der Waals surface area (Å²) in [6.45, 7) is 5.50. The van der Waals surface area contributed by atoms with Gasteiger partial charge in [-0.05, 0) is 12.3 Å². The van der Waals surface area contributed by atoms with Crippen molar-refractivity contribution in [3.8, 4) is 0 Å². The first-order chi connectivity index (χ1) is 14.4. The first-order valence-corrected chi connectivity index (χ1v) is 11.7. The summed E-state index contributed by atoms with van der Waals surface area (Å²) in [6.07, 6.45) is 4.32. The van der Waals surface area contributed by atoms with E-state index in [1.807, 2.05) is 13.8 Å². The van der Waals surface area contributed by atoms with E-state index in [2.05, 4.69) is 15.0 Å². The second kappa shape index (κ2) is 9.82. The number of imidazole rings is 1. The van der Waals surface area contributed by atoms with Crippen LogP contribution in [-0.2, 0) is 29.9 Å². The molecule has 1 aliphatic rings. The number of hydrogen-bond acceptors (Lipinski definition) is 9. The molecule has 12 heteroatoms. The normalized spacial score (nSPS) is 22.1. The van der Waals surface area contributed by atoms with E-state index >= 15 is 0 Å². The molecule has 1 saturated heterocycles. The molecule has 166 valence electrons. The third kappa shape index (κ3) is 4.64. The van der Waals surface area contributed by atoms with Gasteiger partial charge in [-0.15, -0.1) is 0 Å². The Kier molecular flexibility index (Phi) is 7.41. The number of carbonyl (C=O) groups is 1. The number of anilines is 1. The number of fused-ring (bicyclic) bond motifs is 1. The molecule has 2 N–H and O–H groups in total. The highest BCUT2D eigenvalue weighted by Gasteiger charge is 2.44. The van der Waals surface area contributed by atoms with Crippen LogP contribution in [0.4, 0.5) is 5.82 Å². The molecule has 3 rings (SSSR count). The highest BCUT2D eigenvalue weighted by Crippen LogP contribution is 2.55. The average molecular weight is 440 g/mol. The number of methoxy groups -OCH3 is 1. The number of aromatic nitrogens is 4. The van der Waals surface area contributed by atoms with Gasteiger partial charge in [0, 0.05) is 13.1 Å². The lowest BCUT2D eigenvalue weighted by Gasteiger charge is -2.40. The SMILES string of the molecule is CCC(C)[C@@H](C(=O)OC)N1CCCOP1(=O)COCCn1cnc2c(N)ncnc21. The van der Waals surface area contributed by atoms with Gasteiger partial charge in [-0.3, -0.25) is 9.36 Å². The second-order valence-corrected chi connectivity index (χ2v) is 9.55. The van der Waals surface area contributed by atoms with E-state index < -0.39 is 19.5 Å². The largest absolute Gasteiger partial charge is 0.468 e. The molecule has 0 spiro atoms. The van der Waals surface area contributed by atoms with E-state index in [1.54, 1.807) is 15.6 Å². The molecule has 3 heterocycles. The zero-order chi connectivity index (χ0) is 21.7. The molecule has 1 aliphatic heterocycles. The maximum atomic E-state index is 13.6. The monoisotopic (exact) mass is 440 g/mol. The Morgan fingerprint density at radius 2 is 2.20 bits per heavy atom. The molecule has 2 aromatic heterocycles. The van der Waals surface area contributed by atoms with E-state index in [1.165, 1.54) is 13.4 Å². The number of nitrogens with zero attached hydrogens (tertiary/aromatic N) is 5. The van der Waals surface area contributed by atoms with Gasteiger partial charge >= 0.3 is 5.97 Å². The van der Waals surface area contributed by atoms with Gasteiger partial charge in [0.05, 0.1) is 26.7 Å². The van der Waals surface area contributed by atoms with Crippen LogP contribution < -0.4 is 5.73 Å². The third-order valence-electron chi connectivity index (χ3n) is 5.32. The smallest absolute Gasteiger partial charge is 0.323 e. The van der Waals surface area contributed by atoms with Crippen LogP contribution >= 0.6 is 7.52 Å². The molecule has 2 unspecified atom stereocenters. The molecule has 30 heavy (non-hydrogen) atoms. The molecule has 0 aliphatic carbocycles. The van der Waals surface area contributed by atoms with E-state index in [9.17, 15) is 9.36 Å². The summed E-state index contributed by atoms with van der Waals surface area (Å²) in [5, 5.41) is 0. The fourth-order valence-corrected chi connectivity index (χ4v) is 5.79. The Labute approximate surface area is 175 Å². The summed E-state index contributed by atoms with van der Waals surface area (Å²) in [5.41, 5.74) is 6.94. The highest BCUT2D eigenvalue weighted by atomic mass is 31.2. The van der Waals surface area contributed by atoms with Crippen molar-refractivity contribution in [2.45, 2.75) is 39.3 Å². The minimum absolute atomic E-state index is 0.0325. The van der Waals surface area contributed by atoms with Crippen LogP contribution in [0.2, 0.25) is 0 Å². The summed E-state index contributed by atoms with van der Waals surface area (Å²) in [7, 11) is -1.99. The molecule has 0 aromatic carbocycles. The maximum Gasteiger partial charge on any atom is 0.323 e. The lowest BCUT2D eigenvalue weighted by Crippen LogP contribution is -2.47. The molecule has 0 amide bonds. The average Bonchev–Trinajstić information content (AvgIpc) is 3.17. The van der Waals surface area contributed by atoms with E-state index in [-0.39, 0.29) is 18.9 Å². The summed E-state index contributed by atoms with van der Waals surface area (Å²) >= 11 is 0. The summed E-state index contributed by atoms with van der Waals surface area (Å²) < 4.78 is 33.4. The van der Waals surface area contributed by atoms with Crippen LogP contribution in [0.1, 0.15) is 26.7 Å². The van der Waals surface area contributed by atoms with Gasteiger partial charge < -0.3 is 24.3 Å². The number of nitrogen functional groups attached to an aromatic ring is 1. The minimum Gasteiger partial charge on any atom is -0.468 e. The minimum atomic E-state index is -3.34. The van der Waals surface area contributed by atoms with E-state index in [0.717, 1.165) is 6.42 Å². The predicted octanol–water partition coefficient (Wildman–Crippen LogP) is 1.89. The Hall–Kier alpha value is -2.07. The number of carbonyl (C=O) groups excluding carboxylic acids is 1. The number of rotatable bonds is 9. The highest BCUT2D eigenvalue weighted by molar-refractivity contribution is 7.56. The summed E-state index contributed by atoms with van der Waals surface area (Å²) in [4.78, 5) is 24.7. The first kappa shape index (κ1) is 22.6. The lowest BCUT2D eigenvalue weighted by atomic mass is 9.99. The molecular weight excluding hydrogens is 411 g/mol. The van der Waals surface area contributed by atoms with Crippen LogP contribution in [0.3, 0.4) is 0 Å². The molecule has 0 bridgehead atoms. The fraction of sp³-hybridized carbons (Fsp3) is 0.667. The Balaban J connectivity index is 1.66. The number of nitrogens with two attached hydrogens (primary N) is 1. The second-order valence-electron chi connectivity index (χ2n) is 7.25. The van der Waals surface area contributed by atoms with Crippen molar-refractivity contribution in [1.29, 1.82) is 0 Å². The maximum absolute atomic E-state index is 13.6. The summed E-state index contributed by atoms with van der Waals surface area (Å²) in [6, 6.07) is -0.632. The molecule has 2 aromatic rings. The van der Waals surface area contributed by atoms with Crippen molar-refractivity contribution in [3.05, 3.63) is 12.7 Å². The van der Waals surface area contributed by atoms with Crippen LogP contribution in [0.15, 0.2) is 12.7 Å². The van der Waals surface area contributed by atoms with Gasteiger partial charge in [0.1, 0.15) is 24.2 Å². The zero-order valence-corrected chi connectivity index (χ0v) is 18.5. The van der Waals surface area contributed by atoms with Gasteiger partial charge in [-0.2, -0.15) is 0 Å². The Morgan fingerprint density at radius 3 is 2.93 bits per heavy atom. The van der Waals surface area contributed by atoms with Crippen LogP contribution in [0, 0.1) is 5.92 Å². The van der Waals surface area contributed by atoms with E-state index in [0.29, 0.717) is 43.1 Å². The topological polar surface area (TPSA) is 135 Å². The van der Waals surface area contributed by atoms with Gasteiger partial charge in [0.25, 0.3) is 7.52 Å². The van der Waals surface area contributed by atoms with Crippen molar-refractivity contribution < 1.29 is 23.4 Å². The van der Waals surface area contributed by atoms with E-state index in [4.69, 9.17) is 19.7 Å². The van der Waals surface area contributed by atoms with Crippen LogP contribution in [-0.4, -0.2) is 69.4 Å². The number of esters is 1. The molecular formula is C18H29N6O5P. The number of hydrogen-bond donors (Lipinski definition) is 1. The van der Waals surface area contributed by atoms with Gasteiger partial charge in [-0.25, -0.2) is 19.6 Å². The van der Waals surface area contributed by atoms with Crippen molar-refractivity contribution in [3.63, 3.8) is 0 Å². The van der Waals surface area contributed by atoms with Crippen molar-refractivity contribution in [2.24, 2.45) is 5.92 Å². The molecule has 11 nitrogen and oxygen atoms in total. The first-order valence-electron chi connectivity index (χ1n) is 9.99. The van der Waals surface area contributed by atoms with Gasteiger partial charge in [-0.1, -0.05) is 20.3 Å². The Bertz CT molecular complexity index is 922. The standard InChI is InChI=1S/C18H29N6O5P/c1-4-13(2)15(18(25)27-3)24-6-5-8-29-30(24,26)12-28-9-7-23-11-22-14-16(19)20-10-21-17(14)23/h10-11,13,15H,4-9,12H2,1-3H3,(H2,19,20,21)/t13?,15-,30?/m0/s1. The molecule has 1 fully saturated rings. The predicted molar refractivity (Wildman–Crippen MR) is 111 cm³/mol. The van der Waals surface area contributed by atoms with Crippen molar-refractivity contribution in [1.82, 2.24) is 24.2 Å². The zero-order valence-electron chi connectivity index (χ0n) is 17.6. The number of ether oxygens (including phenoxy) is 2. The fourth-order valence-electron chi connectivity index (χ4n) is 3.50. The Morgan fingerprint density at radius 1 is 1.40 bits per heavy atom. The molecule has 0 radical (unpaired) electrons. The van der Waals surface area contributed by atoms with Gasteiger partial charge in [0.15, 0.2) is 11.5 Å². The lowest BCUT2D eigenvalue weighted by molar-refractivity contribution is -0.147. The summed E-state index contributed by atoms with van der Waals surface area (Å²) in [5.74, 6) is -0.124. The third-order valence-corrected chi connectivity index (χ3v) is 7.65. The van der Waals surface area contributed by atoms with Gasteiger partial charge in [0.2, 0.25) is 0 Å². The van der Waals surface area contributed by atoms with Crippen LogP contribution in [0.5, 0.6) is 0 Å². The molecule has 3 atom stereocenters. The van der Waals surface area contributed by atoms with Crippen LogP contribution in [0.25, 0.3) is 11.2 Å². The van der Waals surface area contributed by atoms with Crippen molar-refractivity contribution in [2.75, 3.05) is 38.9 Å². The molecule has 0 saturated carbocycles. The van der Waals surface area contributed by atoms with Crippen molar-refractivity contribution >= 4 is 30.5 Å². The quantitative estimate of drug-likeness (QED) is 0.350.